The summed E-state index contributed by atoms with van der Waals surface area (Å²) in [5, 5.41) is 2.69. The van der Waals surface area contributed by atoms with Gasteiger partial charge in [0.2, 0.25) is 11.9 Å². The molecular formula is C12H17ClN4O. The highest BCUT2D eigenvalue weighted by Gasteiger charge is 2.13. The average Bonchev–Trinajstić information content (AvgIpc) is 2.71. The van der Waals surface area contributed by atoms with Crippen LogP contribution in [0, 0.1) is 0 Å². The zero-order valence-corrected chi connectivity index (χ0v) is 11.0. The summed E-state index contributed by atoms with van der Waals surface area (Å²) >= 11 is 0. The van der Waals surface area contributed by atoms with Crippen molar-refractivity contribution in [1.29, 1.82) is 0 Å². The Bertz CT molecular complexity index is 493. The van der Waals surface area contributed by atoms with E-state index < -0.39 is 6.04 Å². The molecule has 1 amide bonds. The molecule has 0 saturated heterocycles. The van der Waals surface area contributed by atoms with E-state index in [0.717, 1.165) is 17.5 Å². The van der Waals surface area contributed by atoms with Crippen LogP contribution in [0.5, 0.6) is 0 Å². The van der Waals surface area contributed by atoms with Gasteiger partial charge in [0.1, 0.15) is 0 Å². The molecule has 2 rings (SSSR count). The van der Waals surface area contributed by atoms with Crippen molar-refractivity contribution in [2.24, 2.45) is 5.73 Å². The maximum atomic E-state index is 11.7. The third-order valence-electron chi connectivity index (χ3n) is 2.57. The van der Waals surface area contributed by atoms with Crippen LogP contribution < -0.4 is 11.1 Å². The minimum absolute atomic E-state index is 0. The Balaban J connectivity index is 0.00000162. The molecule has 2 aromatic rings. The van der Waals surface area contributed by atoms with Crippen LogP contribution in [0.4, 0.5) is 5.95 Å². The van der Waals surface area contributed by atoms with Gasteiger partial charge in [-0.1, -0.05) is 25.5 Å². The molecule has 0 radical (unpaired) electrons. The second kappa shape index (κ2) is 6.37. The number of imidazole rings is 1. The number of amides is 1. The number of fused-ring (bicyclic) bond motifs is 1. The van der Waals surface area contributed by atoms with Crippen molar-refractivity contribution in [2.75, 3.05) is 5.32 Å². The number of aromatic nitrogens is 2. The van der Waals surface area contributed by atoms with Gasteiger partial charge in [-0.25, -0.2) is 4.98 Å². The molecule has 0 fully saturated rings. The number of rotatable bonds is 4. The number of hydrogen-bond donors (Lipinski definition) is 3. The Kier molecular flexibility index (Phi) is 5.12. The van der Waals surface area contributed by atoms with Gasteiger partial charge >= 0.3 is 0 Å². The van der Waals surface area contributed by atoms with Gasteiger partial charge in [-0.3, -0.25) is 10.1 Å². The first-order valence-electron chi connectivity index (χ1n) is 5.72. The summed E-state index contributed by atoms with van der Waals surface area (Å²) in [7, 11) is 0. The summed E-state index contributed by atoms with van der Waals surface area (Å²) < 4.78 is 0. The summed E-state index contributed by atoms with van der Waals surface area (Å²) in [4.78, 5) is 19.0. The molecule has 1 atom stereocenters. The van der Waals surface area contributed by atoms with Crippen LogP contribution in [0.25, 0.3) is 11.0 Å². The standard InChI is InChI=1S/C12H16N4O.ClH/c1-2-5-8(13)11(17)16-12-14-9-6-3-4-7-10(9)15-12;/h3-4,6-8H,2,5,13H2,1H3,(H2,14,15,16,17);1H. The predicted molar refractivity (Wildman–Crippen MR) is 74.9 cm³/mol. The molecule has 0 aliphatic carbocycles. The van der Waals surface area contributed by atoms with Gasteiger partial charge in [0.15, 0.2) is 0 Å². The summed E-state index contributed by atoms with van der Waals surface area (Å²) in [6, 6.07) is 7.12. The zero-order chi connectivity index (χ0) is 12.3. The topological polar surface area (TPSA) is 83.8 Å². The third kappa shape index (κ3) is 3.21. The first-order chi connectivity index (χ1) is 8.20. The fourth-order valence-corrected chi connectivity index (χ4v) is 1.66. The number of para-hydroxylation sites is 2. The first-order valence-corrected chi connectivity index (χ1v) is 5.72. The number of aromatic amines is 1. The second-order valence-electron chi connectivity index (χ2n) is 3.99. The van der Waals surface area contributed by atoms with E-state index >= 15 is 0 Å². The smallest absolute Gasteiger partial charge is 0.243 e. The maximum absolute atomic E-state index is 11.7. The van der Waals surface area contributed by atoms with E-state index in [0.29, 0.717) is 12.4 Å². The van der Waals surface area contributed by atoms with Gasteiger partial charge in [0, 0.05) is 0 Å². The number of H-pyrrole nitrogens is 1. The van der Waals surface area contributed by atoms with Crippen LogP contribution in [0.15, 0.2) is 24.3 Å². The molecule has 0 spiro atoms. The van der Waals surface area contributed by atoms with E-state index in [1.165, 1.54) is 0 Å². The van der Waals surface area contributed by atoms with Crippen molar-refractivity contribution in [3.8, 4) is 0 Å². The van der Waals surface area contributed by atoms with Gasteiger partial charge < -0.3 is 10.7 Å². The number of halogens is 1. The van der Waals surface area contributed by atoms with Gasteiger partial charge in [0.25, 0.3) is 0 Å². The highest BCUT2D eigenvalue weighted by atomic mass is 35.5. The van der Waals surface area contributed by atoms with Crippen LogP contribution in [-0.2, 0) is 4.79 Å². The van der Waals surface area contributed by atoms with Crippen LogP contribution in [0.1, 0.15) is 19.8 Å². The molecule has 18 heavy (non-hydrogen) atoms. The number of anilines is 1. The Morgan fingerprint density at radius 2 is 2.22 bits per heavy atom. The molecular weight excluding hydrogens is 252 g/mol. The molecule has 0 aliphatic rings. The maximum Gasteiger partial charge on any atom is 0.243 e. The highest BCUT2D eigenvalue weighted by molar-refractivity contribution is 5.94. The van der Waals surface area contributed by atoms with E-state index in [-0.39, 0.29) is 18.3 Å². The lowest BCUT2D eigenvalue weighted by Crippen LogP contribution is -2.35. The van der Waals surface area contributed by atoms with Crippen molar-refractivity contribution in [3.05, 3.63) is 24.3 Å². The minimum Gasteiger partial charge on any atom is -0.324 e. The quantitative estimate of drug-likeness (QED) is 0.793. The first kappa shape index (κ1) is 14.5. The van der Waals surface area contributed by atoms with Crippen molar-refractivity contribution in [1.82, 2.24) is 9.97 Å². The number of hydrogen-bond acceptors (Lipinski definition) is 3. The Morgan fingerprint density at radius 1 is 1.50 bits per heavy atom. The molecule has 0 aliphatic heterocycles. The van der Waals surface area contributed by atoms with Gasteiger partial charge in [0.05, 0.1) is 17.1 Å². The third-order valence-corrected chi connectivity index (χ3v) is 2.57. The Hall–Kier alpha value is -1.59. The second-order valence-corrected chi connectivity index (χ2v) is 3.99. The van der Waals surface area contributed by atoms with Crippen molar-refractivity contribution in [2.45, 2.75) is 25.8 Å². The number of carbonyl (C=O) groups excluding carboxylic acids is 1. The molecule has 1 heterocycles. The fourth-order valence-electron chi connectivity index (χ4n) is 1.66. The number of nitrogens with zero attached hydrogens (tertiary/aromatic N) is 1. The summed E-state index contributed by atoms with van der Waals surface area (Å²) in [6.07, 6.45) is 1.56. The molecule has 1 unspecified atom stereocenters. The normalized spacial score (nSPS) is 11.9. The summed E-state index contributed by atoms with van der Waals surface area (Å²) in [5.74, 6) is 0.244. The number of nitrogens with two attached hydrogens (primary N) is 1. The van der Waals surface area contributed by atoms with E-state index in [1.54, 1.807) is 0 Å². The molecule has 5 nitrogen and oxygen atoms in total. The lowest BCUT2D eigenvalue weighted by Gasteiger charge is -2.08. The van der Waals surface area contributed by atoms with Crippen LogP contribution in [0.3, 0.4) is 0 Å². The van der Waals surface area contributed by atoms with Crippen molar-refractivity contribution in [3.63, 3.8) is 0 Å². The lowest BCUT2D eigenvalue weighted by atomic mass is 10.2. The number of carbonyl (C=O) groups is 1. The van der Waals surface area contributed by atoms with Gasteiger partial charge in [-0.05, 0) is 18.6 Å². The molecule has 1 aromatic carbocycles. The molecule has 6 heteroatoms. The van der Waals surface area contributed by atoms with Crippen LogP contribution in [0.2, 0.25) is 0 Å². The average molecular weight is 269 g/mol. The fraction of sp³-hybridized carbons (Fsp3) is 0.333. The summed E-state index contributed by atoms with van der Waals surface area (Å²) in [5.41, 5.74) is 7.44. The lowest BCUT2D eigenvalue weighted by molar-refractivity contribution is -0.117. The van der Waals surface area contributed by atoms with E-state index in [9.17, 15) is 4.79 Å². The zero-order valence-electron chi connectivity index (χ0n) is 10.1. The monoisotopic (exact) mass is 268 g/mol. The minimum atomic E-state index is -0.479. The van der Waals surface area contributed by atoms with Crippen LogP contribution in [-0.4, -0.2) is 21.9 Å². The molecule has 4 N–H and O–H groups in total. The molecule has 0 saturated carbocycles. The summed E-state index contributed by atoms with van der Waals surface area (Å²) in [6.45, 7) is 1.99. The van der Waals surface area contributed by atoms with E-state index in [1.807, 2.05) is 31.2 Å². The highest BCUT2D eigenvalue weighted by Crippen LogP contribution is 2.13. The van der Waals surface area contributed by atoms with Gasteiger partial charge in [-0.2, -0.15) is 0 Å². The number of benzene rings is 1. The predicted octanol–water partition coefficient (Wildman–Crippen LogP) is 2.05. The SMILES string of the molecule is CCCC(N)C(=O)Nc1nc2ccccc2[nH]1.Cl. The van der Waals surface area contributed by atoms with E-state index in [2.05, 4.69) is 15.3 Å². The van der Waals surface area contributed by atoms with Crippen molar-refractivity contribution >= 4 is 35.3 Å². The van der Waals surface area contributed by atoms with Crippen LogP contribution >= 0.6 is 12.4 Å². The van der Waals surface area contributed by atoms with Gasteiger partial charge in [-0.15, -0.1) is 12.4 Å². The molecule has 0 bridgehead atoms. The number of nitrogens with one attached hydrogen (secondary N) is 2. The van der Waals surface area contributed by atoms with Crippen molar-refractivity contribution < 1.29 is 4.79 Å². The molecule has 1 aromatic heterocycles. The molecule has 98 valence electrons. The largest absolute Gasteiger partial charge is 0.324 e. The van der Waals surface area contributed by atoms with E-state index in [4.69, 9.17) is 5.73 Å². The Morgan fingerprint density at radius 3 is 2.89 bits per heavy atom. The Labute approximate surface area is 112 Å².